The highest BCUT2D eigenvalue weighted by atomic mass is 16.5. The van der Waals surface area contributed by atoms with Crippen molar-refractivity contribution in [2.45, 2.75) is 0 Å². The minimum absolute atomic E-state index is 0.254. The number of rotatable bonds is 5. The van der Waals surface area contributed by atoms with Gasteiger partial charge in [0.25, 0.3) is 5.91 Å². The summed E-state index contributed by atoms with van der Waals surface area (Å²) in [4.78, 5) is 21.6. The molecule has 140 valence electrons. The summed E-state index contributed by atoms with van der Waals surface area (Å²) in [6, 6.07) is 14.4. The van der Waals surface area contributed by atoms with Crippen molar-refractivity contribution in [3.63, 3.8) is 0 Å². The van der Waals surface area contributed by atoms with E-state index in [-0.39, 0.29) is 5.91 Å². The van der Waals surface area contributed by atoms with Crippen LogP contribution in [0.3, 0.4) is 0 Å². The number of carbonyl (C=O) groups excluding carboxylic acids is 1. The number of aromatic nitrogens is 3. The van der Waals surface area contributed by atoms with Gasteiger partial charge in [0, 0.05) is 29.7 Å². The summed E-state index contributed by atoms with van der Waals surface area (Å²) >= 11 is 0. The molecule has 1 N–H and O–H groups in total. The number of benzene rings is 2. The molecule has 2 aromatic heterocycles. The quantitative estimate of drug-likeness (QED) is 0.577. The minimum Gasteiger partial charge on any atom is -0.493 e. The first kappa shape index (κ1) is 17.5. The van der Waals surface area contributed by atoms with E-state index in [0.717, 1.165) is 11.3 Å². The lowest BCUT2D eigenvalue weighted by Crippen LogP contribution is -2.13. The van der Waals surface area contributed by atoms with Crippen LogP contribution in [0.5, 0.6) is 11.5 Å². The molecule has 0 aliphatic carbocycles. The normalized spacial score (nSPS) is 10.6. The van der Waals surface area contributed by atoms with Gasteiger partial charge in [0.15, 0.2) is 11.5 Å². The van der Waals surface area contributed by atoms with Crippen LogP contribution < -0.4 is 14.8 Å². The molecule has 7 heteroatoms. The number of hydrogen-bond donors (Lipinski definition) is 1. The van der Waals surface area contributed by atoms with E-state index in [1.54, 1.807) is 31.5 Å². The maximum Gasteiger partial charge on any atom is 0.255 e. The van der Waals surface area contributed by atoms with Gasteiger partial charge in [-0.2, -0.15) is 0 Å². The summed E-state index contributed by atoms with van der Waals surface area (Å²) < 4.78 is 12.3. The first-order chi connectivity index (χ1) is 13.7. The summed E-state index contributed by atoms with van der Waals surface area (Å²) in [6.45, 7) is 0. The topological polar surface area (TPSA) is 77.8 Å². The molecule has 1 amide bonds. The largest absolute Gasteiger partial charge is 0.493 e. The van der Waals surface area contributed by atoms with Crippen molar-refractivity contribution in [1.82, 2.24) is 14.4 Å². The number of nitrogens with one attached hydrogen (secondary N) is 1. The highest BCUT2D eigenvalue weighted by Gasteiger charge is 2.14. The highest BCUT2D eigenvalue weighted by Crippen LogP contribution is 2.30. The fourth-order valence-electron chi connectivity index (χ4n) is 2.95. The van der Waals surface area contributed by atoms with Crippen LogP contribution in [0.1, 0.15) is 10.4 Å². The fourth-order valence-corrected chi connectivity index (χ4v) is 2.95. The lowest BCUT2D eigenvalue weighted by atomic mass is 10.1. The molecule has 7 nitrogen and oxygen atoms in total. The van der Waals surface area contributed by atoms with Crippen molar-refractivity contribution in [3.05, 3.63) is 72.7 Å². The van der Waals surface area contributed by atoms with Gasteiger partial charge < -0.3 is 14.8 Å². The van der Waals surface area contributed by atoms with Crippen molar-refractivity contribution in [2.24, 2.45) is 0 Å². The average molecular weight is 374 g/mol. The van der Waals surface area contributed by atoms with E-state index in [9.17, 15) is 4.79 Å². The SMILES string of the molecule is COc1ccc(C(=O)Nc2ccccc2-c2cn3cccnc3n2)cc1OC. The number of nitrogens with zero attached hydrogens (tertiary/aromatic N) is 3. The highest BCUT2D eigenvalue weighted by molar-refractivity contribution is 6.06. The zero-order chi connectivity index (χ0) is 19.5. The molecule has 0 unspecified atom stereocenters. The number of imidazole rings is 1. The Hall–Kier alpha value is -3.87. The molecule has 0 saturated carbocycles. The van der Waals surface area contributed by atoms with E-state index >= 15 is 0 Å². The van der Waals surface area contributed by atoms with Gasteiger partial charge in [-0.25, -0.2) is 9.97 Å². The molecular weight excluding hydrogens is 356 g/mol. The predicted molar refractivity (Wildman–Crippen MR) is 106 cm³/mol. The van der Waals surface area contributed by atoms with Gasteiger partial charge in [0.05, 0.1) is 25.6 Å². The van der Waals surface area contributed by atoms with E-state index < -0.39 is 0 Å². The van der Waals surface area contributed by atoms with Gasteiger partial charge in [-0.3, -0.25) is 9.20 Å². The number of para-hydroxylation sites is 1. The van der Waals surface area contributed by atoms with Gasteiger partial charge >= 0.3 is 0 Å². The minimum atomic E-state index is -0.254. The van der Waals surface area contributed by atoms with E-state index in [1.807, 2.05) is 47.1 Å². The number of fused-ring (bicyclic) bond motifs is 1. The number of ether oxygens (including phenoxy) is 2. The third-order valence-electron chi connectivity index (χ3n) is 4.33. The molecule has 0 fully saturated rings. The lowest BCUT2D eigenvalue weighted by molar-refractivity contribution is 0.102. The van der Waals surface area contributed by atoms with Crippen molar-refractivity contribution >= 4 is 17.4 Å². The Bertz CT molecular complexity index is 1120. The Balaban J connectivity index is 1.66. The Kier molecular flexibility index (Phi) is 4.63. The molecule has 0 aliphatic rings. The molecular formula is C21H18N4O3. The van der Waals surface area contributed by atoms with Crippen molar-refractivity contribution in [3.8, 4) is 22.8 Å². The van der Waals surface area contributed by atoms with Gasteiger partial charge in [0.2, 0.25) is 5.78 Å². The Morgan fingerprint density at radius 3 is 2.64 bits per heavy atom. The molecule has 28 heavy (non-hydrogen) atoms. The zero-order valence-electron chi connectivity index (χ0n) is 15.4. The van der Waals surface area contributed by atoms with Crippen LogP contribution in [0.4, 0.5) is 5.69 Å². The summed E-state index contributed by atoms with van der Waals surface area (Å²) in [7, 11) is 3.09. The molecule has 4 aromatic rings. The summed E-state index contributed by atoms with van der Waals surface area (Å²) in [5.74, 6) is 1.40. The average Bonchev–Trinajstić information content (AvgIpc) is 3.17. The monoisotopic (exact) mass is 374 g/mol. The number of amides is 1. The second kappa shape index (κ2) is 7.40. The van der Waals surface area contributed by atoms with E-state index in [4.69, 9.17) is 9.47 Å². The fraction of sp³-hybridized carbons (Fsp3) is 0.0952. The second-order valence-corrected chi connectivity index (χ2v) is 6.02. The van der Waals surface area contributed by atoms with Crippen LogP contribution >= 0.6 is 0 Å². The molecule has 0 bridgehead atoms. The molecule has 0 saturated heterocycles. The van der Waals surface area contributed by atoms with Crippen molar-refractivity contribution < 1.29 is 14.3 Å². The number of carbonyl (C=O) groups is 1. The smallest absolute Gasteiger partial charge is 0.255 e. The predicted octanol–water partition coefficient (Wildman–Crippen LogP) is 3.67. The van der Waals surface area contributed by atoms with Crippen LogP contribution in [-0.2, 0) is 0 Å². The van der Waals surface area contributed by atoms with Crippen molar-refractivity contribution in [2.75, 3.05) is 19.5 Å². The number of anilines is 1. The van der Waals surface area contributed by atoms with Gasteiger partial charge in [0.1, 0.15) is 0 Å². The standard InChI is InChI=1S/C21H18N4O3/c1-27-18-9-8-14(12-19(18)28-2)20(26)23-16-7-4-3-6-15(16)17-13-25-11-5-10-22-21(25)24-17/h3-13H,1-2H3,(H,23,26). The molecule has 4 rings (SSSR count). The van der Waals surface area contributed by atoms with E-state index in [0.29, 0.717) is 28.5 Å². The van der Waals surface area contributed by atoms with Crippen LogP contribution in [0, 0.1) is 0 Å². The molecule has 2 aromatic carbocycles. The Labute approximate surface area is 161 Å². The lowest BCUT2D eigenvalue weighted by Gasteiger charge is -2.12. The molecule has 2 heterocycles. The first-order valence-corrected chi connectivity index (χ1v) is 8.62. The molecule has 0 radical (unpaired) electrons. The Morgan fingerprint density at radius 2 is 1.86 bits per heavy atom. The first-order valence-electron chi connectivity index (χ1n) is 8.62. The summed E-state index contributed by atoms with van der Waals surface area (Å²) in [6.07, 6.45) is 5.45. The molecule has 0 atom stereocenters. The maximum atomic E-state index is 12.8. The van der Waals surface area contributed by atoms with Crippen LogP contribution in [0.2, 0.25) is 0 Å². The third-order valence-corrected chi connectivity index (χ3v) is 4.33. The molecule has 0 aliphatic heterocycles. The van der Waals surface area contributed by atoms with E-state index in [1.165, 1.54) is 7.11 Å². The number of hydrogen-bond acceptors (Lipinski definition) is 5. The maximum absolute atomic E-state index is 12.8. The summed E-state index contributed by atoms with van der Waals surface area (Å²) in [5, 5.41) is 2.95. The van der Waals surface area contributed by atoms with Crippen LogP contribution in [0.15, 0.2) is 67.1 Å². The summed E-state index contributed by atoms with van der Waals surface area (Å²) in [5.41, 5.74) is 2.65. The number of methoxy groups -OCH3 is 2. The molecule has 0 spiro atoms. The van der Waals surface area contributed by atoms with Crippen molar-refractivity contribution in [1.29, 1.82) is 0 Å². The van der Waals surface area contributed by atoms with Gasteiger partial charge in [-0.05, 0) is 30.3 Å². The second-order valence-electron chi connectivity index (χ2n) is 6.02. The van der Waals surface area contributed by atoms with Crippen LogP contribution in [-0.4, -0.2) is 34.5 Å². The van der Waals surface area contributed by atoms with Crippen LogP contribution in [0.25, 0.3) is 17.0 Å². The van der Waals surface area contributed by atoms with Gasteiger partial charge in [-0.15, -0.1) is 0 Å². The third kappa shape index (κ3) is 3.25. The zero-order valence-corrected chi connectivity index (χ0v) is 15.4. The Morgan fingerprint density at radius 1 is 1.04 bits per heavy atom. The van der Waals surface area contributed by atoms with Gasteiger partial charge in [-0.1, -0.05) is 18.2 Å². The van der Waals surface area contributed by atoms with E-state index in [2.05, 4.69) is 15.3 Å².